The van der Waals surface area contributed by atoms with Gasteiger partial charge in [-0.3, -0.25) is 9.59 Å². The highest BCUT2D eigenvalue weighted by atomic mass is 16.7. The molecule has 254 valence electrons. The summed E-state index contributed by atoms with van der Waals surface area (Å²) in [6.07, 6.45) is -5.50. The molecule has 0 aromatic carbocycles. The number of Topliss-reactive ketones (excluding diaryl/α,β-unsaturated/α-hetero) is 1. The van der Waals surface area contributed by atoms with Gasteiger partial charge >= 0.3 is 5.97 Å². The Kier molecular flexibility index (Phi) is 12.2. The molecular formula is C33H57NO10. The maximum atomic E-state index is 14.0. The first-order chi connectivity index (χ1) is 20.3. The van der Waals surface area contributed by atoms with Crippen LogP contribution in [-0.4, -0.2) is 119 Å². The monoisotopic (exact) mass is 627 g/mol. The number of carbonyl (C=O) groups is 2. The Morgan fingerprint density at radius 1 is 1.02 bits per heavy atom. The summed E-state index contributed by atoms with van der Waals surface area (Å²) in [4.78, 5) is 29.5. The smallest absolute Gasteiger partial charge is 0.311 e. The number of likely N-dealkylation sites (N-methyl/N-ethyl adjacent to an activating group) is 1. The summed E-state index contributed by atoms with van der Waals surface area (Å²) in [5.41, 5.74) is -2.36. The molecule has 0 aromatic rings. The second kappa shape index (κ2) is 14.5. The van der Waals surface area contributed by atoms with Crippen LogP contribution >= 0.6 is 0 Å². The molecule has 0 aromatic heterocycles. The highest BCUT2D eigenvalue weighted by Crippen LogP contribution is 2.40. The maximum absolute atomic E-state index is 14.0. The third-order valence-electron chi connectivity index (χ3n) is 10.1. The van der Waals surface area contributed by atoms with Gasteiger partial charge in [-0.25, -0.2) is 0 Å². The van der Waals surface area contributed by atoms with Gasteiger partial charge in [0.2, 0.25) is 0 Å². The van der Waals surface area contributed by atoms with Crippen LogP contribution in [0.25, 0.3) is 0 Å². The lowest BCUT2D eigenvalue weighted by Crippen LogP contribution is -2.60. The first kappa shape index (κ1) is 37.0. The molecule has 0 aliphatic carbocycles. The third-order valence-corrected chi connectivity index (χ3v) is 10.1. The van der Waals surface area contributed by atoms with E-state index in [4.69, 9.17) is 23.7 Å². The van der Waals surface area contributed by atoms with Crippen molar-refractivity contribution in [3.63, 3.8) is 0 Å². The molecule has 0 spiro atoms. The van der Waals surface area contributed by atoms with E-state index in [9.17, 15) is 24.9 Å². The van der Waals surface area contributed by atoms with Gasteiger partial charge in [-0.2, -0.15) is 0 Å². The largest absolute Gasteiger partial charge is 0.459 e. The fraction of sp³-hybridized carbons (Fsp3) is 0.879. The van der Waals surface area contributed by atoms with Crippen molar-refractivity contribution in [3.05, 3.63) is 12.2 Å². The van der Waals surface area contributed by atoms with Crippen molar-refractivity contribution >= 4 is 11.8 Å². The van der Waals surface area contributed by atoms with E-state index in [1.807, 2.05) is 32.8 Å². The fourth-order valence-corrected chi connectivity index (χ4v) is 7.34. The zero-order valence-corrected chi connectivity index (χ0v) is 28.3. The molecular weight excluding hydrogens is 570 g/mol. The SMILES string of the molecule is C=C1CO[C@H]2[C@H](C)C(=O)[C@H](C)C[C@@](C)(OC1)[C@H](O[C@@H]1O[C@H](C)C[C@H](N(C)C)[C@H]1O)[C@@H](C)[C@H](O)[C@@H](C)C(=O)O[C@@H](CC)[C@@]2(C)O. The summed E-state index contributed by atoms with van der Waals surface area (Å²) in [5, 5.41) is 34.9. The van der Waals surface area contributed by atoms with Crippen LogP contribution in [0.2, 0.25) is 0 Å². The van der Waals surface area contributed by atoms with Crippen LogP contribution < -0.4 is 0 Å². The normalized spacial score (nSPS) is 47.0. The molecule has 3 rings (SSSR count). The molecule has 2 bridgehead atoms. The molecule has 3 fully saturated rings. The van der Waals surface area contributed by atoms with Gasteiger partial charge in [0.1, 0.15) is 23.6 Å². The van der Waals surface area contributed by atoms with E-state index in [0.29, 0.717) is 12.0 Å². The van der Waals surface area contributed by atoms with Gasteiger partial charge in [-0.1, -0.05) is 34.3 Å². The summed E-state index contributed by atoms with van der Waals surface area (Å²) in [6, 6.07) is -0.244. The molecule has 3 aliphatic heterocycles. The van der Waals surface area contributed by atoms with Crippen LogP contribution in [0.5, 0.6) is 0 Å². The molecule has 3 heterocycles. The van der Waals surface area contributed by atoms with Crippen LogP contribution in [0.4, 0.5) is 0 Å². The number of esters is 1. The number of carbonyl (C=O) groups excluding carboxylic acids is 2. The lowest BCUT2D eigenvalue weighted by atomic mass is 9.74. The third kappa shape index (κ3) is 7.74. The van der Waals surface area contributed by atoms with Gasteiger partial charge < -0.3 is 43.9 Å². The minimum Gasteiger partial charge on any atom is -0.459 e. The molecule has 3 N–H and O–H groups in total. The molecule has 0 saturated carbocycles. The van der Waals surface area contributed by atoms with Gasteiger partial charge in [0.25, 0.3) is 0 Å². The van der Waals surface area contributed by atoms with E-state index in [-0.39, 0.29) is 44.0 Å². The Balaban J connectivity index is 2.19. The lowest BCUT2D eigenvalue weighted by Gasteiger charge is -2.48. The number of aliphatic hydroxyl groups excluding tert-OH is 2. The highest BCUT2D eigenvalue weighted by molar-refractivity contribution is 5.83. The topological polar surface area (TPSA) is 144 Å². The average Bonchev–Trinajstić information content (AvgIpc) is 2.97. The number of ether oxygens (including phenoxy) is 5. The molecule has 3 saturated heterocycles. The summed E-state index contributed by atoms with van der Waals surface area (Å²) < 4.78 is 31.4. The van der Waals surface area contributed by atoms with Crippen molar-refractivity contribution in [3.8, 4) is 0 Å². The van der Waals surface area contributed by atoms with Crippen molar-refractivity contribution in [2.24, 2.45) is 23.7 Å². The average molecular weight is 628 g/mol. The molecule has 0 unspecified atom stereocenters. The zero-order valence-electron chi connectivity index (χ0n) is 28.3. The second-order valence-electron chi connectivity index (χ2n) is 14.2. The Bertz CT molecular complexity index is 1020. The van der Waals surface area contributed by atoms with Crippen molar-refractivity contribution in [1.82, 2.24) is 4.90 Å². The number of hydrogen-bond donors (Lipinski definition) is 3. The summed E-state index contributed by atoms with van der Waals surface area (Å²) in [7, 11) is 3.77. The van der Waals surface area contributed by atoms with Crippen LogP contribution in [0.1, 0.15) is 74.7 Å². The Hall–Kier alpha value is -1.44. The predicted molar refractivity (Wildman–Crippen MR) is 164 cm³/mol. The fourth-order valence-electron chi connectivity index (χ4n) is 7.34. The molecule has 0 radical (unpaired) electrons. The molecule has 14 atom stereocenters. The minimum absolute atomic E-state index is 0.000136. The number of aliphatic hydroxyl groups is 3. The van der Waals surface area contributed by atoms with Gasteiger partial charge in [-0.05, 0) is 66.6 Å². The van der Waals surface area contributed by atoms with Gasteiger partial charge in [0.15, 0.2) is 6.29 Å². The van der Waals surface area contributed by atoms with Crippen LogP contribution in [0.15, 0.2) is 12.2 Å². The Morgan fingerprint density at radius 2 is 1.66 bits per heavy atom. The number of hydrogen-bond acceptors (Lipinski definition) is 11. The van der Waals surface area contributed by atoms with Gasteiger partial charge in [0, 0.05) is 23.8 Å². The van der Waals surface area contributed by atoms with Crippen molar-refractivity contribution < 1.29 is 48.6 Å². The Labute approximate surface area is 263 Å². The number of nitrogens with zero attached hydrogens (tertiary/aromatic N) is 1. The van der Waals surface area contributed by atoms with Crippen molar-refractivity contribution in [2.75, 3.05) is 27.3 Å². The quantitative estimate of drug-likeness (QED) is 0.312. The Morgan fingerprint density at radius 3 is 2.25 bits per heavy atom. The minimum atomic E-state index is -1.72. The van der Waals surface area contributed by atoms with E-state index in [0.717, 1.165) is 0 Å². The van der Waals surface area contributed by atoms with Crippen molar-refractivity contribution in [2.45, 2.75) is 135 Å². The van der Waals surface area contributed by atoms with E-state index in [2.05, 4.69) is 6.58 Å². The number of cyclic esters (lactones) is 1. The van der Waals surface area contributed by atoms with E-state index in [1.165, 1.54) is 6.92 Å². The van der Waals surface area contributed by atoms with Crippen molar-refractivity contribution in [1.29, 1.82) is 0 Å². The summed E-state index contributed by atoms with van der Waals surface area (Å²) in [5.74, 6) is -3.96. The summed E-state index contributed by atoms with van der Waals surface area (Å²) >= 11 is 0. The number of fused-ring (bicyclic) bond motifs is 5. The van der Waals surface area contributed by atoms with E-state index in [1.54, 1.807) is 34.6 Å². The molecule has 0 amide bonds. The van der Waals surface area contributed by atoms with Crippen LogP contribution in [-0.2, 0) is 33.3 Å². The van der Waals surface area contributed by atoms with Gasteiger partial charge in [0.05, 0.1) is 49.1 Å². The first-order valence-electron chi connectivity index (χ1n) is 16.1. The molecule has 11 nitrogen and oxygen atoms in total. The summed E-state index contributed by atoms with van der Waals surface area (Å²) in [6.45, 7) is 18.1. The number of ketones is 1. The standard InChI is InChI=1S/C33H57NO10/c1-12-24-33(9,39)29-20(5)25(35)18(3)14-32(8,41-16-17(2)15-40-29)28(21(6)26(36)22(7)30(38)43-24)44-31-27(37)23(34(10)11)13-19(4)42-31/h18-24,26-29,31,36-37,39H,2,12-16H2,1,3-11H3/t18-,19-,20-,21+,22-,23+,24+,26+,27-,28-,29+,31+,32-,33-/m1/s1. The molecule has 44 heavy (non-hydrogen) atoms. The zero-order chi connectivity index (χ0) is 33.3. The molecule has 3 aliphatic rings. The molecule has 11 heteroatoms. The number of rotatable bonds is 4. The highest BCUT2D eigenvalue weighted by Gasteiger charge is 2.53. The predicted octanol–water partition coefficient (Wildman–Crippen LogP) is 2.48. The van der Waals surface area contributed by atoms with Gasteiger partial charge in [-0.15, -0.1) is 0 Å². The van der Waals surface area contributed by atoms with E-state index < -0.39 is 77.7 Å². The second-order valence-corrected chi connectivity index (χ2v) is 14.2. The maximum Gasteiger partial charge on any atom is 0.311 e. The first-order valence-corrected chi connectivity index (χ1v) is 16.1. The lowest BCUT2D eigenvalue weighted by molar-refractivity contribution is -0.303. The van der Waals surface area contributed by atoms with Crippen LogP contribution in [0.3, 0.4) is 0 Å². The van der Waals surface area contributed by atoms with Crippen LogP contribution in [0, 0.1) is 23.7 Å². The van der Waals surface area contributed by atoms with E-state index >= 15 is 0 Å².